The molecule has 2 saturated heterocycles. The highest BCUT2D eigenvalue weighted by Crippen LogP contribution is 2.37. The number of hydrogen-bond acceptors (Lipinski definition) is 14. The van der Waals surface area contributed by atoms with Crippen LogP contribution in [-0.2, 0) is 14.6 Å². The number of aromatic nitrogens is 6. The van der Waals surface area contributed by atoms with Crippen molar-refractivity contribution < 1.29 is 27.5 Å². The number of aromatic amines is 1. The molecule has 0 radical (unpaired) electrons. The molecule has 1 aromatic carbocycles. The first-order chi connectivity index (χ1) is 26.8. The van der Waals surface area contributed by atoms with Gasteiger partial charge in [-0.25, -0.2) is 33.1 Å². The summed E-state index contributed by atoms with van der Waals surface area (Å²) < 4.78 is 38.4. The lowest BCUT2D eigenvalue weighted by atomic mass is 10.2. The Morgan fingerprint density at radius 2 is 1.67 bits per heavy atom. The number of aryl methyl sites for hydroxylation is 1. The predicted octanol–water partition coefficient (Wildman–Crippen LogP) is 4.75. The molecule has 6 rings (SSSR count). The molecule has 0 aliphatic carbocycles. The molecule has 0 unspecified atom stereocenters. The molecular formula is C39H55N11O6S. The van der Waals surface area contributed by atoms with E-state index in [1.54, 1.807) is 48.9 Å². The van der Waals surface area contributed by atoms with Gasteiger partial charge in [0.1, 0.15) is 39.9 Å². The molecule has 57 heavy (non-hydrogen) atoms. The van der Waals surface area contributed by atoms with Gasteiger partial charge in [-0.05, 0) is 74.8 Å². The third-order valence-electron chi connectivity index (χ3n) is 10.3. The number of ether oxygens (including phenoxy) is 2. The number of piperazine rings is 2. The lowest BCUT2D eigenvalue weighted by molar-refractivity contribution is 0.00189. The van der Waals surface area contributed by atoms with E-state index in [9.17, 15) is 18.0 Å². The van der Waals surface area contributed by atoms with Crippen molar-refractivity contribution in [2.75, 3.05) is 69.2 Å². The van der Waals surface area contributed by atoms with Crippen LogP contribution in [0.4, 0.5) is 22.2 Å². The van der Waals surface area contributed by atoms with Crippen molar-refractivity contribution in [1.29, 1.82) is 0 Å². The number of H-pyrrole nitrogens is 1. The number of nitrogens with zero attached hydrogens (tertiary/aromatic N) is 9. The van der Waals surface area contributed by atoms with Crippen LogP contribution in [0.3, 0.4) is 0 Å². The van der Waals surface area contributed by atoms with Gasteiger partial charge in [0.15, 0.2) is 15.7 Å². The minimum atomic E-state index is -3.80. The molecule has 308 valence electrons. The molecule has 0 bridgehead atoms. The Balaban J connectivity index is 1.02. The zero-order chi connectivity index (χ0) is 41.3. The van der Waals surface area contributed by atoms with Gasteiger partial charge in [0.05, 0.1) is 29.3 Å². The fourth-order valence-corrected chi connectivity index (χ4v) is 8.01. The SMILES string of the molecule is Cc1[nH]nc(Nc2ncnc3cc(OCCCN4CCN(c5cnc(C(=O)N6CCN(C(=O)OC(C)(C)C)[C@H](C)C6)cn5)CC4)c(S(=O)(=O)C(C)(C)C)cc23)c1C. The standard InChI is InChI=1S/C39H55N11O6S/c1-25-23-49(16-17-50(25)37(52)56-38(4,5)6)36(51)30-21-41-33(22-40-30)48-14-12-47(13-15-48)11-10-18-55-31-20-29-28(19-32(31)57(53,54)39(7,8)9)35(43-24-42-29)44-34-26(2)27(3)45-46-34/h19-22,24-25H,10-18,23H2,1-9H3,(H2,42,43,44,45,46)/t25-/m1/s1. The zero-order valence-electron chi connectivity index (χ0n) is 34.4. The average molecular weight is 806 g/mol. The predicted molar refractivity (Wildman–Crippen MR) is 217 cm³/mol. The van der Waals surface area contributed by atoms with Crippen molar-refractivity contribution >= 4 is 50.2 Å². The number of anilines is 3. The number of amides is 2. The van der Waals surface area contributed by atoms with Gasteiger partial charge in [-0.15, -0.1) is 0 Å². The molecule has 5 heterocycles. The highest BCUT2D eigenvalue weighted by molar-refractivity contribution is 7.92. The topological polar surface area (TPSA) is 192 Å². The van der Waals surface area contributed by atoms with Gasteiger partial charge in [0, 0.05) is 81.1 Å². The van der Waals surface area contributed by atoms with Gasteiger partial charge >= 0.3 is 6.09 Å². The Morgan fingerprint density at radius 3 is 2.28 bits per heavy atom. The molecule has 18 heteroatoms. The summed E-state index contributed by atoms with van der Waals surface area (Å²) in [6.07, 6.45) is 4.91. The van der Waals surface area contributed by atoms with Crippen LogP contribution < -0.4 is 15.0 Å². The summed E-state index contributed by atoms with van der Waals surface area (Å²) in [4.78, 5) is 51.7. The van der Waals surface area contributed by atoms with Gasteiger partial charge in [-0.1, -0.05) is 0 Å². The van der Waals surface area contributed by atoms with Crippen molar-refractivity contribution in [2.45, 2.75) is 90.0 Å². The fraction of sp³-hybridized carbons (Fsp3) is 0.564. The third-order valence-corrected chi connectivity index (χ3v) is 12.8. The van der Waals surface area contributed by atoms with E-state index >= 15 is 0 Å². The van der Waals surface area contributed by atoms with Crippen molar-refractivity contribution in [3.63, 3.8) is 0 Å². The largest absolute Gasteiger partial charge is 0.492 e. The van der Waals surface area contributed by atoms with E-state index in [4.69, 9.17) is 9.47 Å². The molecule has 4 aromatic rings. The molecule has 0 spiro atoms. The van der Waals surface area contributed by atoms with Crippen molar-refractivity contribution in [2.24, 2.45) is 0 Å². The van der Waals surface area contributed by atoms with E-state index in [1.807, 2.05) is 41.5 Å². The summed E-state index contributed by atoms with van der Waals surface area (Å²) in [7, 11) is -3.80. The smallest absolute Gasteiger partial charge is 0.410 e. The molecule has 2 amide bonds. The molecule has 17 nitrogen and oxygen atoms in total. The van der Waals surface area contributed by atoms with Crippen LogP contribution in [0.2, 0.25) is 0 Å². The number of carbonyl (C=O) groups excluding carboxylic acids is 2. The Morgan fingerprint density at radius 1 is 0.930 bits per heavy atom. The highest BCUT2D eigenvalue weighted by Gasteiger charge is 2.35. The summed E-state index contributed by atoms with van der Waals surface area (Å²) in [5, 5.41) is 11.0. The third kappa shape index (κ3) is 9.38. The summed E-state index contributed by atoms with van der Waals surface area (Å²) in [6.45, 7) is 21.6. The second-order valence-corrected chi connectivity index (χ2v) is 19.3. The monoisotopic (exact) mass is 805 g/mol. The maximum Gasteiger partial charge on any atom is 0.410 e. The number of benzene rings is 1. The van der Waals surface area contributed by atoms with Crippen LogP contribution in [0.1, 0.15) is 76.6 Å². The minimum Gasteiger partial charge on any atom is -0.492 e. The Bertz CT molecular complexity index is 2190. The Kier molecular flexibility index (Phi) is 12.0. The lowest BCUT2D eigenvalue weighted by Gasteiger charge is -2.40. The molecule has 2 fully saturated rings. The minimum absolute atomic E-state index is 0.0908. The molecule has 0 saturated carbocycles. The number of carbonyl (C=O) groups is 2. The molecule has 1 atom stereocenters. The van der Waals surface area contributed by atoms with E-state index in [0.717, 1.165) is 44.0 Å². The molecule has 2 N–H and O–H groups in total. The van der Waals surface area contributed by atoms with E-state index in [0.29, 0.717) is 61.0 Å². The van der Waals surface area contributed by atoms with Crippen LogP contribution in [0.25, 0.3) is 10.9 Å². The number of nitrogens with one attached hydrogen (secondary N) is 2. The maximum atomic E-state index is 13.9. The molecule has 3 aromatic heterocycles. The summed E-state index contributed by atoms with van der Waals surface area (Å²) in [5.41, 5.74) is 2.07. The first-order valence-electron chi connectivity index (χ1n) is 19.4. The first kappa shape index (κ1) is 41.5. The van der Waals surface area contributed by atoms with Crippen molar-refractivity contribution in [1.82, 2.24) is 44.8 Å². The van der Waals surface area contributed by atoms with E-state index < -0.39 is 20.2 Å². The van der Waals surface area contributed by atoms with E-state index in [2.05, 4.69) is 45.2 Å². The summed E-state index contributed by atoms with van der Waals surface area (Å²) in [6, 6.07) is 3.08. The number of sulfone groups is 1. The molecule has 2 aliphatic heterocycles. The summed E-state index contributed by atoms with van der Waals surface area (Å²) in [5.74, 6) is 1.80. The van der Waals surface area contributed by atoms with Crippen LogP contribution >= 0.6 is 0 Å². The zero-order valence-corrected chi connectivity index (χ0v) is 35.2. The van der Waals surface area contributed by atoms with Gasteiger partial charge in [0.25, 0.3) is 5.91 Å². The maximum absolute atomic E-state index is 13.9. The van der Waals surface area contributed by atoms with Crippen molar-refractivity contribution in [3.8, 4) is 5.75 Å². The van der Waals surface area contributed by atoms with Gasteiger partial charge in [0.2, 0.25) is 0 Å². The lowest BCUT2D eigenvalue weighted by Crippen LogP contribution is -2.56. The van der Waals surface area contributed by atoms with E-state index in [1.165, 1.54) is 12.5 Å². The number of fused-ring (bicyclic) bond motifs is 1. The van der Waals surface area contributed by atoms with Gasteiger partial charge in [-0.3, -0.25) is 14.8 Å². The normalized spacial score (nSPS) is 17.2. The quantitative estimate of drug-likeness (QED) is 0.209. The van der Waals surface area contributed by atoms with Crippen LogP contribution in [-0.4, -0.2) is 141 Å². The number of hydrogen-bond donors (Lipinski definition) is 2. The van der Waals surface area contributed by atoms with Crippen LogP contribution in [0, 0.1) is 13.8 Å². The van der Waals surface area contributed by atoms with Gasteiger partial charge in [-0.2, -0.15) is 5.10 Å². The van der Waals surface area contributed by atoms with Gasteiger partial charge < -0.3 is 29.5 Å². The number of rotatable bonds is 10. The van der Waals surface area contributed by atoms with Crippen LogP contribution in [0.5, 0.6) is 5.75 Å². The first-order valence-corrected chi connectivity index (χ1v) is 20.8. The Labute approximate surface area is 334 Å². The fourth-order valence-electron chi connectivity index (χ4n) is 6.70. The summed E-state index contributed by atoms with van der Waals surface area (Å²) >= 11 is 0. The highest BCUT2D eigenvalue weighted by atomic mass is 32.2. The second-order valence-electron chi connectivity index (χ2n) is 16.7. The molecular weight excluding hydrogens is 751 g/mol. The average Bonchev–Trinajstić information content (AvgIpc) is 3.47. The molecule has 2 aliphatic rings. The Hall–Kier alpha value is -5.10. The van der Waals surface area contributed by atoms with E-state index in [-0.39, 0.29) is 34.4 Å². The van der Waals surface area contributed by atoms with Crippen molar-refractivity contribution in [3.05, 3.63) is 47.8 Å². The second kappa shape index (κ2) is 16.4. The van der Waals surface area contributed by atoms with Crippen LogP contribution in [0.15, 0.2) is 35.7 Å².